The van der Waals surface area contributed by atoms with Crippen LogP contribution in [0.4, 0.5) is 0 Å². The number of amides is 1. The Balaban J connectivity index is 2.57. The predicted octanol–water partition coefficient (Wildman–Crippen LogP) is 0.766. The lowest BCUT2D eigenvalue weighted by Crippen LogP contribution is -2.31. The van der Waals surface area contributed by atoms with Gasteiger partial charge in [-0.15, -0.1) is 6.42 Å². The Kier molecular flexibility index (Phi) is 2.54. The average Bonchev–Trinajstić information content (AvgIpc) is 2.56. The number of hydrogen-bond acceptors (Lipinski definition) is 1. The van der Waals surface area contributed by atoms with E-state index >= 15 is 0 Å². The molecule has 1 atom stereocenters. The number of hydrogen-bond donors (Lipinski definition) is 2. The summed E-state index contributed by atoms with van der Waals surface area (Å²) in [6.07, 6.45) is 6.79. The zero-order valence-electron chi connectivity index (χ0n) is 6.79. The van der Waals surface area contributed by atoms with Crippen molar-refractivity contribution in [2.24, 2.45) is 0 Å². The van der Waals surface area contributed by atoms with Crippen molar-refractivity contribution in [2.75, 3.05) is 0 Å². The molecule has 0 aliphatic rings. The Morgan fingerprint density at radius 3 is 3.08 bits per heavy atom. The summed E-state index contributed by atoms with van der Waals surface area (Å²) in [5.41, 5.74) is 0.525. The van der Waals surface area contributed by atoms with Crippen LogP contribution in [0.15, 0.2) is 18.3 Å². The van der Waals surface area contributed by atoms with Crippen LogP contribution in [0, 0.1) is 12.3 Å². The van der Waals surface area contributed by atoms with E-state index in [9.17, 15) is 4.79 Å². The van der Waals surface area contributed by atoms with Gasteiger partial charge in [-0.3, -0.25) is 4.79 Å². The highest BCUT2D eigenvalue weighted by Gasteiger charge is 2.06. The lowest BCUT2D eigenvalue weighted by Gasteiger charge is -2.05. The first-order chi connectivity index (χ1) is 5.74. The summed E-state index contributed by atoms with van der Waals surface area (Å²) in [5.74, 6) is 2.24. The molecule has 1 rings (SSSR count). The molecule has 12 heavy (non-hydrogen) atoms. The Labute approximate surface area is 71.2 Å². The molecule has 0 saturated heterocycles. The van der Waals surface area contributed by atoms with Crippen molar-refractivity contribution < 1.29 is 4.79 Å². The average molecular weight is 162 g/mol. The molecular formula is C9H10N2O. The van der Waals surface area contributed by atoms with Crippen LogP contribution >= 0.6 is 0 Å². The third-order valence-corrected chi connectivity index (χ3v) is 1.44. The van der Waals surface area contributed by atoms with Crippen molar-refractivity contribution in [3.8, 4) is 12.3 Å². The quantitative estimate of drug-likeness (QED) is 0.620. The highest BCUT2D eigenvalue weighted by atomic mass is 16.1. The monoisotopic (exact) mass is 162 g/mol. The smallest absolute Gasteiger partial charge is 0.268 e. The lowest BCUT2D eigenvalue weighted by atomic mass is 10.3. The van der Waals surface area contributed by atoms with Crippen molar-refractivity contribution in [2.45, 2.75) is 13.0 Å². The second kappa shape index (κ2) is 3.63. The molecule has 1 unspecified atom stereocenters. The lowest BCUT2D eigenvalue weighted by molar-refractivity contribution is 0.0944. The Morgan fingerprint density at radius 2 is 2.58 bits per heavy atom. The van der Waals surface area contributed by atoms with E-state index in [2.05, 4.69) is 16.2 Å². The highest BCUT2D eigenvalue weighted by Crippen LogP contribution is 1.94. The SMILES string of the molecule is C#CC(C)NC(=O)c1ccc[nH]1. The van der Waals surface area contributed by atoms with Gasteiger partial charge in [-0.2, -0.15) is 0 Å². The molecule has 62 valence electrons. The molecule has 0 aromatic carbocycles. The minimum absolute atomic E-state index is 0.176. The van der Waals surface area contributed by atoms with Crippen LogP contribution in [0.1, 0.15) is 17.4 Å². The van der Waals surface area contributed by atoms with Crippen LogP contribution in [0.3, 0.4) is 0 Å². The summed E-state index contributed by atoms with van der Waals surface area (Å²) in [6, 6.07) is 3.22. The predicted molar refractivity (Wildman–Crippen MR) is 46.6 cm³/mol. The molecule has 0 fully saturated rings. The number of carbonyl (C=O) groups is 1. The Hall–Kier alpha value is -1.69. The Bertz CT molecular complexity index is 295. The molecule has 0 spiro atoms. The zero-order valence-corrected chi connectivity index (χ0v) is 6.79. The number of terminal acetylenes is 1. The molecule has 0 radical (unpaired) electrons. The van der Waals surface area contributed by atoms with E-state index in [0.717, 1.165) is 0 Å². The number of rotatable bonds is 2. The topological polar surface area (TPSA) is 44.9 Å². The fraction of sp³-hybridized carbons (Fsp3) is 0.222. The van der Waals surface area contributed by atoms with Gasteiger partial charge in [-0.1, -0.05) is 5.92 Å². The third kappa shape index (κ3) is 1.89. The van der Waals surface area contributed by atoms with Crippen molar-refractivity contribution in [1.29, 1.82) is 0 Å². The fourth-order valence-electron chi connectivity index (χ4n) is 0.788. The minimum Gasteiger partial charge on any atom is -0.357 e. The summed E-state index contributed by atoms with van der Waals surface area (Å²) in [7, 11) is 0. The molecular weight excluding hydrogens is 152 g/mol. The summed E-state index contributed by atoms with van der Waals surface area (Å²) < 4.78 is 0. The van der Waals surface area contributed by atoms with E-state index in [4.69, 9.17) is 6.42 Å². The fourth-order valence-corrected chi connectivity index (χ4v) is 0.788. The van der Waals surface area contributed by atoms with Crippen molar-refractivity contribution in [3.05, 3.63) is 24.0 Å². The van der Waals surface area contributed by atoms with E-state index in [1.807, 2.05) is 0 Å². The largest absolute Gasteiger partial charge is 0.357 e. The summed E-state index contributed by atoms with van der Waals surface area (Å²) in [6.45, 7) is 1.75. The molecule has 0 aliphatic carbocycles. The molecule has 1 aromatic rings. The van der Waals surface area contributed by atoms with E-state index in [1.54, 1.807) is 25.3 Å². The number of carbonyl (C=O) groups excluding carboxylic acids is 1. The molecule has 3 nitrogen and oxygen atoms in total. The molecule has 1 amide bonds. The molecule has 3 heteroatoms. The highest BCUT2D eigenvalue weighted by molar-refractivity contribution is 5.92. The zero-order chi connectivity index (χ0) is 8.97. The van der Waals surface area contributed by atoms with Gasteiger partial charge in [0.05, 0.1) is 6.04 Å². The maximum absolute atomic E-state index is 11.2. The Morgan fingerprint density at radius 1 is 1.83 bits per heavy atom. The number of aromatic nitrogens is 1. The van der Waals surface area contributed by atoms with Crippen LogP contribution in [0.5, 0.6) is 0 Å². The minimum atomic E-state index is -0.235. The van der Waals surface area contributed by atoms with Crippen molar-refractivity contribution in [3.63, 3.8) is 0 Å². The molecule has 0 bridgehead atoms. The number of nitrogens with one attached hydrogen (secondary N) is 2. The summed E-state index contributed by atoms with van der Waals surface area (Å²) in [4.78, 5) is 14.0. The van der Waals surface area contributed by atoms with Gasteiger partial charge < -0.3 is 10.3 Å². The van der Waals surface area contributed by atoms with Gasteiger partial charge in [0.2, 0.25) is 0 Å². The maximum atomic E-state index is 11.2. The second-order valence-electron chi connectivity index (χ2n) is 2.45. The summed E-state index contributed by atoms with van der Waals surface area (Å²) >= 11 is 0. The van der Waals surface area contributed by atoms with E-state index < -0.39 is 0 Å². The van der Waals surface area contributed by atoms with Crippen LogP contribution in [0.25, 0.3) is 0 Å². The van der Waals surface area contributed by atoms with Crippen LogP contribution in [0.2, 0.25) is 0 Å². The van der Waals surface area contributed by atoms with Gasteiger partial charge in [-0.25, -0.2) is 0 Å². The van der Waals surface area contributed by atoms with Gasteiger partial charge in [0.15, 0.2) is 0 Å². The van der Waals surface area contributed by atoms with Gasteiger partial charge in [0.25, 0.3) is 5.91 Å². The van der Waals surface area contributed by atoms with Crippen LogP contribution in [-0.2, 0) is 0 Å². The first-order valence-electron chi connectivity index (χ1n) is 3.64. The summed E-state index contributed by atoms with van der Waals surface area (Å²) in [5, 5.41) is 2.63. The molecule has 1 heterocycles. The number of H-pyrrole nitrogens is 1. The van der Waals surface area contributed by atoms with Crippen molar-refractivity contribution in [1.82, 2.24) is 10.3 Å². The first-order valence-corrected chi connectivity index (χ1v) is 3.64. The molecule has 0 aliphatic heterocycles. The molecule has 1 aromatic heterocycles. The second-order valence-corrected chi connectivity index (χ2v) is 2.45. The normalized spacial score (nSPS) is 11.7. The van der Waals surface area contributed by atoms with Gasteiger partial charge in [0.1, 0.15) is 5.69 Å². The van der Waals surface area contributed by atoms with Crippen molar-refractivity contribution >= 4 is 5.91 Å². The van der Waals surface area contributed by atoms with E-state index in [0.29, 0.717) is 5.69 Å². The van der Waals surface area contributed by atoms with Gasteiger partial charge >= 0.3 is 0 Å². The number of aromatic amines is 1. The molecule has 2 N–H and O–H groups in total. The standard InChI is InChI=1S/C9H10N2O/c1-3-7(2)11-9(12)8-5-4-6-10-8/h1,4-7,10H,2H3,(H,11,12). The van der Waals surface area contributed by atoms with Gasteiger partial charge in [0, 0.05) is 6.20 Å². The van der Waals surface area contributed by atoms with E-state index in [1.165, 1.54) is 0 Å². The third-order valence-electron chi connectivity index (χ3n) is 1.44. The first kappa shape index (κ1) is 8.41. The maximum Gasteiger partial charge on any atom is 0.268 e. The molecule has 0 saturated carbocycles. The van der Waals surface area contributed by atoms with Crippen LogP contribution < -0.4 is 5.32 Å². The van der Waals surface area contributed by atoms with E-state index in [-0.39, 0.29) is 11.9 Å². The van der Waals surface area contributed by atoms with Gasteiger partial charge in [-0.05, 0) is 19.1 Å². The van der Waals surface area contributed by atoms with Crippen LogP contribution in [-0.4, -0.2) is 16.9 Å².